The summed E-state index contributed by atoms with van der Waals surface area (Å²) in [7, 11) is 0. The van der Waals surface area contributed by atoms with E-state index in [9.17, 15) is 14.4 Å². The maximum atomic E-state index is 14.0. The fourth-order valence-corrected chi connectivity index (χ4v) is 5.47. The molecule has 1 aliphatic heterocycles. The van der Waals surface area contributed by atoms with Crippen molar-refractivity contribution < 1.29 is 28.5 Å². The molecule has 1 aromatic heterocycles. The number of benzene rings is 2. The van der Waals surface area contributed by atoms with Crippen LogP contribution in [0.15, 0.2) is 63.5 Å². The van der Waals surface area contributed by atoms with Gasteiger partial charge >= 0.3 is 11.9 Å². The van der Waals surface area contributed by atoms with Crippen LogP contribution in [0, 0.1) is 0 Å². The zero-order valence-electron chi connectivity index (χ0n) is 23.3. The molecule has 0 saturated heterocycles. The lowest BCUT2D eigenvalue weighted by Gasteiger charge is -2.26. The van der Waals surface area contributed by atoms with Gasteiger partial charge in [-0.2, -0.15) is 0 Å². The van der Waals surface area contributed by atoms with Gasteiger partial charge in [-0.05, 0) is 64.5 Å². The molecule has 0 N–H and O–H groups in total. The number of nitrogens with zero attached hydrogens (tertiary/aromatic N) is 2. The lowest BCUT2D eigenvalue weighted by Crippen LogP contribution is -2.40. The molecule has 0 bridgehead atoms. The van der Waals surface area contributed by atoms with Crippen LogP contribution in [-0.4, -0.2) is 35.8 Å². The number of para-hydroxylation sites is 1. The average Bonchev–Trinajstić information content (AvgIpc) is 3.19. The monoisotopic (exact) mass is 564 g/mol. The van der Waals surface area contributed by atoms with E-state index in [-0.39, 0.29) is 23.8 Å². The number of allylic oxidation sites excluding steroid dienone is 1. The van der Waals surface area contributed by atoms with Gasteiger partial charge in [0.2, 0.25) is 0 Å². The van der Waals surface area contributed by atoms with Crippen LogP contribution in [0.25, 0.3) is 6.08 Å². The van der Waals surface area contributed by atoms with Crippen LogP contribution in [0.1, 0.15) is 58.7 Å². The second-order valence-corrected chi connectivity index (χ2v) is 10.2. The maximum absolute atomic E-state index is 14.0. The zero-order valence-corrected chi connectivity index (χ0v) is 24.2. The van der Waals surface area contributed by atoms with Crippen molar-refractivity contribution in [3.63, 3.8) is 0 Å². The third-order valence-electron chi connectivity index (χ3n) is 5.91. The molecule has 10 heteroatoms. The molecular weight excluding hydrogens is 532 g/mol. The van der Waals surface area contributed by atoms with Crippen LogP contribution in [0.5, 0.6) is 17.2 Å². The molecule has 0 spiro atoms. The number of hydrogen-bond donors (Lipinski definition) is 0. The zero-order chi connectivity index (χ0) is 29.0. The molecule has 1 aliphatic rings. The van der Waals surface area contributed by atoms with Gasteiger partial charge in [-0.3, -0.25) is 14.2 Å². The molecule has 0 amide bonds. The molecule has 210 valence electrons. The molecule has 0 aliphatic carbocycles. The summed E-state index contributed by atoms with van der Waals surface area (Å²) in [5, 5.41) is 0. The number of fused-ring (bicyclic) bond motifs is 1. The first kappa shape index (κ1) is 28.8. The first-order chi connectivity index (χ1) is 19.1. The standard InChI is InChI=1S/C30H32N2O7S/c1-7-36-24-15-20(13-14-23(24)39-19(6)33)16-25-28(34)32-27(21-11-9-10-12-22(21)38-17(3)4)26(29(35)37-8-2)18(5)31-30(32)40-25/h9-17,27H,7-8H2,1-6H3/b25-16-. The molecule has 1 atom stereocenters. The molecule has 4 rings (SSSR count). The van der Waals surface area contributed by atoms with E-state index >= 15 is 0 Å². The molecule has 1 unspecified atom stereocenters. The molecule has 3 aromatic rings. The van der Waals surface area contributed by atoms with Crippen molar-refractivity contribution in [2.75, 3.05) is 13.2 Å². The topological polar surface area (TPSA) is 105 Å². The molecule has 0 radical (unpaired) electrons. The fourth-order valence-electron chi connectivity index (χ4n) is 4.43. The Kier molecular flexibility index (Phi) is 8.89. The number of esters is 2. The molecule has 9 nitrogen and oxygen atoms in total. The first-order valence-corrected chi connectivity index (χ1v) is 13.9. The lowest BCUT2D eigenvalue weighted by atomic mass is 9.95. The molecular formula is C30H32N2O7S. The Morgan fingerprint density at radius 2 is 1.82 bits per heavy atom. The average molecular weight is 565 g/mol. The Hall–Kier alpha value is -4.18. The Bertz CT molecular complexity index is 1650. The molecule has 0 saturated carbocycles. The number of hydrogen-bond acceptors (Lipinski definition) is 9. The van der Waals surface area contributed by atoms with E-state index in [1.807, 2.05) is 45.0 Å². The number of carbonyl (C=O) groups is 2. The lowest BCUT2D eigenvalue weighted by molar-refractivity contribution is -0.139. The SMILES string of the molecule is CCOC(=O)C1=C(C)N=c2s/c(=C\c3ccc(OC(C)=O)c(OCC)c3)c(=O)n2C1c1ccccc1OC(C)C. The van der Waals surface area contributed by atoms with Crippen LogP contribution < -0.4 is 29.1 Å². The number of aromatic nitrogens is 1. The summed E-state index contributed by atoms with van der Waals surface area (Å²) >= 11 is 1.21. The van der Waals surface area contributed by atoms with Crippen LogP contribution in [-0.2, 0) is 14.3 Å². The van der Waals surface area contributed by atoms with Gasteiger partial charge in [-0.15, -0.1) is 0 Å². The van der Waals surface area contributed by atoms with Gasteiger partial charge in [-0.25, -0.2) is 9.79 Å². The summed E-state index contributed by atoms with van der Waals surface area (Å²) in [5.41, 5.74) is 1.77. The van der Waals surface area contributed by atoms with Gasteiger partial charge < -0.3 is 18.9 Å². The summed E-state index contributed by atoms with van der Waals surface area (Å²) in [6.07, 6.45) is 1.60. The summed E-state index contributed by atoms with van der Waals surface area (Å²) in [4.78, 5) is 43.7. The van der Waals surface area contributed by atoms with Crippen molar-refractivity contribution in [2.45, 2.75) is 53.7 Å². The van der Waals surface area contributed by atoms with Crippen molar-refractivity contribution in [1.29, 1.82) is 0 Å². The van der Waals surface area contributed by atoms with E-state index in [1.54, 1.807) is 38.1 Å². The Labute approximate surface area is 236 Å². The largest absolute Gasteiger partial charge is 0.491 e. The predicted molar refractivity (Wildman–Crippen MR) is 152 cm³/mol. The Balaban J connectivity index is 1.92. The van der Waals surface area contributed by atoms with Gasteiger partial charge in [-0.1, -0.05) is 35.6 Å². The number of ether oxygens (including phenoxy) is 4. The fraction of sp³-hybridized carbons (Fsp3) is 0.333. The van der Waals surface area contributed by atoms with Crippen molar-refractivity contribution in [3.8, 4) is 17.2 Å². The van der Waals surface area contributed by atoms with E-state index in [4.69, 9.17) is 18.9 Å². The van der Waals surface area contributed by atoms with Gasteiger partial charge in [0.05, 0.1) is 35.1 Å². The van der Waals surface area contributed by atoms with Crippen LogP contribution >= 0.6 is 11.3 Å². The van der Waals surface area contributed by atoms with E-state index in [0.29, 0.717) is 50.0 Å². The van der Waals surface area contributed by atoms with Crippen molar-refractivity contribution in [3.05, 3.63) is 84.5 Å². The Morgan fingerprint density at radius 1 is 1.07 bits per heavy atom. The van der Waals surface area contributed by atoms with Gasteiger partial charge in [0.25, 0.3) is 5.56 Å². The second kappa shape index (κ2) is 12.3. The van der Waals surface area contributed by atoms with E-state index in [0.717, 1.165) is 0 Å². The number of thiazole rings is 1. The smallest absolute Gasteiger partial charge is 0.338 e. The highest BCUT2D eigenvalue weighted by molar-refractivity contribution is 7.07. The summed E-state index contributed by atoms with van der Waals surface area (Å²) < 4.78 is 24.3. The highest BCUT2D eigenvalue weighted by atomic mass is 32.1. The third kappa shape index (κ3) is 6.02. The quantitative estimate of drug-likeness (QED) is 0.287. The normalized spacial score (nSPS) is 15.0. The van der Waals surface area contributed by atoms with Crippen LogP contribution in [0.4, 0.5) is 0 Å². The molecule has 2 heterocycles. The van der Waals surface area contributed by atoms with Crippen molar-refractivity contribution in [1.82, 2.24) is 4.57 Å². The Morgan fingerprint density at radius 3 is 2.50 bits per heavy atom. The van der Waals surface area contributed by atoms with Crippen molar-refractivity contribution in [2.24, 2.45) is 4.99 Å². The minimum atomic E-state index is -0.794. The first-order valence-electron chi connectivity index (χ1n) is 13.0. The highest BCUT2D eigenvalue weighted by Crippen LogP contribution is 2.36. The van der Waals surface area contributed by atoms with Gasteiger partial charge in [0, 0.05) is 12.5 Å². The van der Waals surface area contributed by atoms with E-state index in [1.165, 1.54) is 22.8 Å². The number of carbonyl (C=O) groups excluding carboxylic acids is 2. The minimum absolute atomic E-state index is 0.123. The highest BCUT2D eigenvalue weighted by Gasteiger charge is 2.35. The minimum Gasteiger partial charge on any atom is -0.491 e. The van der Waals surface area contributed by atoms with Crippen LogP contribution in [0.3, 0.4) is 0 Å². The van der Waals surface area contributed by atoms with Crippen molar-refractivity contribution >= 4 is 29.4 Å². The maximum Gasteiger partial charge on any atom is 0.338 e. The predicted octanol–water partition coefficient (Wildman–Crippen LogP) is 3.91. The second-order valence-electron chi connectivity index (χ2n) is 9.24. The van der Waals surface area contributed by atoms with Gasteiger partial charge in [0.15, 0.2) is 16.3 Å². The van der Waals surface area contributed by atoms with Gasteiger partial charge in [0.1, 0.15) is 11.8 Å². The molecule has 0 fully saturated rings. The third-order valence-corrected chi connectivity index (χ3v) is 6.90. The van der Waals surface area contributed by atoms with Crippen LogP contribution in [0.2, 0.25) is 0 Å². The molecule has 40 heavy (non-hydrogen) atoms. The number of rotatable bonds is 9. The van der Waals surface area contributed by atoms with E-state index < -0.39 is 18.0 Å². The summed E-state index contributed by atoms with van der Waals surface area (Å²) in [5.74, 6) is 0.249. The summed E-state index contributed by atoms with van der Waals surface area (Å²) in [6.45, 7) is 11.0. The van der Waals surface area contributed by atoms with E-state index in [2.05, 4.69) is 4.99 Å². The molecule has 2 aromatic carbocycles. The summed E-state index contributed by atoms with van der Waals surface area (Å²) in [6, 6.07) is 11.6.